The molecule has 1 aromatic carbocycles. The number of carbonyl (C=O) groups is 1. The van der Waals surface area contributed by atoms with Gasteiger partial charge in [-0.25, -0.2) is 0 Å². The zero-order valence-electron chi connectivity index (χ0n) is 16.2. The Hall–Kier alpha value is -1.14. The highest BCUT2D eigenvalue weighted by Gasteiger charge is 2.26. The van der Waals surface area contributed by atoms with Gasteiger partial charge in [-0.1, -0.05) is 31.9 Å². The third-order valence-electron chi connectivity index (χ3n) is 5.65. The van der Waals surface area contributed by atoms with Crippen molar-refractivity contribution < 1.29 is 14.3 Å². The second-order valence-corrected chi connectivity index (χ2v) is 7.87. The maximum Gasteiger partial charge on any atom is 0.241 e. The number of halogens is 1. The summed E-state index contributed by atoms with van der Waals surface area (Å²) < 4.78 is 11.4. The van der Waals surface area contributed by atoms with Gasteiger partial charge in [0.1, 0.15) is 0 Å². The molecule has 0 spiro atoms. The van der Waals surface area contributed by atoms with Gasteiger partial charge in [-0.3, -0.25) is 4.79 Å². The van der Waals surface area contributed by atoms with E-state index in [9.17, 15) is 4.79 Å². The third-order valence-corrected chi connectivity index (χ3v) is 5.65. The van der Waals surface area contributed by atoms with E-state index in [0.29, 0.717) is 25.9 Å². The molecule has 0 bridgehead atoms. The van der Waals surface area contributed by atoms with E-state index in [0.717, 1.165) is 42.9 Å². The molecule has 1 saturated carbocycles. The largest absolute Gasteiger partial charge is 0.381 e. The summed E-state index contributed by atoms with van der Waals surface area (Å²) in [6.45, 7) is 4.27. The number of anilines is 1. The summed E-state index contributed by atoms with van der Waals surface area (Å²) in [7, 11) is 0. The molecule has 1 saturated heterocycles. The highest BCUT2D eigenvalue weighted by Crippen LogP contribution is 2.26. The van der Waals surface area contributed by atoms with Crippen molar-refractivity contribution in [2.75, 3.05) is 18.5 Å². The molecule has 1 heterocycles. The van der Waals surface area contributed by atoms with Crippen molar-refractivity contribution in [2.24, 2.45) is 17.6 Å². The number of benzene rings is 1. The lowest BCUT2D eigenvalue weighted by Gasteiger charge is -2.27. The van der Waals surface area contributed by atoms with Crippen LogP contribution in [0.15, 0.2) is 24.3 Å². The first-order valence-electron chi connectivity index (χ1n) is 9.96. The Kier molecular flexibility index (Phi) is 9.03. The van der Waals surface area contributed by atoms with E-state index in [1.54, 1.807) is 0 Å². The highest BCUT2D eigenvalue weighted by atomic mass is 35.5. The molecule has 3 unspecified atom stereocenters. The number of amides is 1. The number of nitrogens with two attached hydrogens (primary N) is 1. The Bertz CT molecular complexity index is 593. The second kappa shape index (κ2) is 11.0. The molecule has 3 N–H and O–H groups in total. The number of nitrogens with one attached hydrogen (secondary N) is 1. The van der Waals surface area contributed by atoms with Gasteiger partial charge >= 0.3 is 0 Å². The van der Waals surface area contributed by atoms with Crippen LogP contribution in [0.3, 0.4) is 0 Å². The Morgan fingerprint density at radius 2 is 2.07 bits per heavy atom. The Labute approximate surface area is 168 Å². The normalized spacial score (nSPS) is 24.7. The fourth-order valence-electron chi connectivity index (χ4n) is 4.00. The van der Waals surface area contributed by atoms with Gasteiger partial charge in [0.05, 0.1) is 18.8 Å². The first kappa shape index (κ1) is 22.2. The molecule has 3 rings (SSSR count). The summed E-state index contributed by atoms with van der Waals surface area (Å²) in [5.41, 5.74) is 8.03. The minimum absolute atomic E-state index is 0. The van der Waals surface area contributed by atoms with E-state index in [2.05, 4.69) is 12.2 Å². The molecule has 1 aliphatic carbocycles. The van der Waals surface area contributed by atoms with Crippen LogP contribution in [0.2, 0.25) is 0 Å². The topological polar surface area (TPSA) is 73.6 Å². The number of rotatable bonds is 6. The molecule has 1 amide bonds. The molecule has 0 radical (unpaired) electrons. The summed E-state index contributed by atoms with van der Waals surface area (Å²) in [4.78, 5) is 12.5. The first-order valence-corrected chi connectivity index (χ1v) is 9.96. The van der Waals surface area contributed by atoms with Crippen LogP contribution in [0, 0.1) is 11.8 Å². The smallest absolute Gasteiger partial charge is 0.241 e. The minimum Gasteiger partial charge on any atom is -0.381 e. The van der Waals surface area contributed by atoms with Crippen LogP contribution in [0.1, 0.15) is 51.0 Å². The van der Waals surface area contributed by atoms with E-state index in [1.807, 2.05) is 24.3 Å². The average Bonchev–Trinajstić information content (AvgIpc) is 2.67. The van der Waals surface area contributed by atoms with Crippen LogP contribution in [-0.2, 0) is 20.9 Å². The van der Waals surface area contributed by atoms with Gasteiger partial charge < -0.3 is 20.5 Å². The zero-order chi connectivity index (χ0) is 18.4. The van der Waals surface area contributed by atoms with Gasteiger partial charge in [0, 0.05) is 18.9 Å². The molecule has 2 fully saturated rings. The zero-order valence-corrected chi connectivity index (χ0v) is 17.0. The average molecular weight is 397 g/mol. The van der Waals surface area contributed by atoms with Crippen molar-refractivity contribution in [3.8, 4) is 0 Å². The predicted molar refractivity (Wildman–Crippen MR) is 110 cm³/mol. The molecular weight excluding hydrogens is 364 g/mol. The van der Waals surface area contributed by atoms with Crippen molar-refractivity contribution in [1.29, 1.82) is 0 Å². The molecule has 1 aromatic rings. The molecule has 152 valence electrons. The van der Waals surface area contributed by atoms with Gasteiger partial charge in [0.15, 0.2) is 0 Å². The summed E-state index contributed by atoms with van der Waals surface area (Å²) in [5, 5.41) is 2.96. The van der Waals surface area contributed by atoms with Crippen molar-refractivity contribution in [3.63, 3.8) is 0 Å². The van der Waals surface area contributed by atoms with Crippen molar-refractivity contribution in [1.82, 2.24) is 0 Å². The Morgan fingerprint density at radius 1 is 1.30 bits per heavy atom. The van der Waals surface area contributed by atoms with Gasteiger partial charge in [0.2, 0.25) is 5.91 Å². The summed E-state index contributed by atoms with van der Waals surface area (Å²) in [6, 6.07) is 7.40. The maximum atomic E-state index is 12.5. The van der Waals surface area contributed by atoms with Crippen LogP contribution >= 0.6 is 12.4 Å². The second-order valence-electron chi connectivity index (χ2n) is 7.87. The standard InChI is InChI=1S/C21H32N2O3.ClH/c1-15-4-2-7-19(12-15)26-14-16-5-3-6-18(13-16)23-21(24)20(22)17-8-10-25-11-9-17;/h3,5-6,13,15,17,19-20H,2,4,7-12,14,22H2,1H3,(H,23,24);1H. The molecule has 27 heavy (non-hydrogen) atoms. The van der Waals surface area contributed by atoms with E-state index in [4.69, 9.17) is 15.2 Å². The molecule has 1 aliphatic heterocycles. The quantitative estimate of drug-likeness (QED) is 0.764. The minimum atomic E-state index is -0.484. The van der Waals surface area contributed by atoms with Crippen molar-refractivity contribution in [3.05, 3.63) is 29.8 Å². The number of ether oxygens (including phenoxy) is 2. The Balaban J connectivity index is 0.00000261. The SMILES string of the molecule is CC1CCCC(OCc2cccc(NC(=O)C(N)C3CCOCC3)c2)C1.Cl. The van der Waals surface area contributed by atoms with Crippen LogP contribution in [0.25, 0.3) is 0 Å². The lowest BCUT2D eigenvalue weighted by atomic mass is 9.89. The van der Waals surface area contributed by atoms with E-state index in [1.165, 1.54) is 12.8 Å². The lowest BCUT2D eigenvalue weighted by Crippen LogP contribution is -2.44. The first-order chi connectivity index (χ1) is 12.6. The van der Waals surface area contributed by atoms with E-state index < -0.39 is 6.04 Å². The van der Waals surface area contributed by atoms with Crippen LogP contribution in [-0.4, -0.2) is 31.3 Å². The highest BCUT2D eigenvalue weighted by molar-refractivity contribution is 5.94. The summed E-state index contributed by atoms with van der Waals surface area (Å²) in [5.74, 6) is 0.839. The lowest BCUT2D eigenvalue weighted by molar-refractivity contribution is -0.119. The van der Waals surface area contributed by atoms with Gasteiger partial charge in [-0.05, 0) is 55.2 Å². The predicted octanol–water partition coefficient (Wildman–Crippen LogP) is 3.90. The monoisotopic (exact) mass is 396 g/mol. The molecule has 6 heteroatoms. The Morgan fingerprint density at radius 3 is 2.81 bits per heavy atom. The number of hydrogen-bond donors (Lipinski definition) is 2. The van der Waals surface area contributed by atoms with Gasteiger partial charge in [-0.2, -0.15) is 0 Å². The molecule has 0 aromatic heterocycles. The molecule has 3 atom stereocenters. The van der Waals surface area contributed by atoms with Gasteiger partial charge in [0.25, 0.3) is 0 Å². The maximum absolute atomic E-state index is 12.5. The van der Waals surface area contributed by atoms with Crippen LogP contribution in [0.5, 0.6) is 0 Å². The van der Waals surface area contributed by atoms with Crippen molar-refractivity contribution in [2.45, 2.75) is 64.2 Å². The van der Waals surface area contributed by atoms with Gasteiger partial charge in [-0.15, -0.1) is 12.4 Å². The van der Waals surface area contributed by atoms with Crippen LogP contribution in [0.4, 0.5) is 5.69 Å². The summed E-state index contributed by atoms with van der Waals surface area (Å²) >= 11 is 0. The summed E-state index contributed by atoms with van der Waals surface area (Å²) in [6.07, 6.45) is 6.93. The molecule has 2 aliphatic rings. The van der Waals surface area contributed by atoms with E-state index >= 15 is 0 Å². The van der Waals surface area contributed by atoms with Crippen LogP contribution < -0.4 is 11.1 Å². The fraction of sp³-hybridized carbons (Fsp3) is 0.667. The van der Waals surface area contributed by atoms with E-state index in [-0.39, 0.29) is 24.2 Å². The molecule has 5 nitrogen and oxygen atoms in total. The van der Waals surface area contributed by atoms with Crippen molar-refractivity contribution >= 4 is 24.0 Å². The molecular formula is C21H33ClN2O3. The third kappa shape index (κ3) is 6.75. The number of hydrogen-bond acceptors (Lipinski definition) is 4. The number of carbonyl (C=O) groups excluding carboxylic acids is 1. The fourth-order valence-corrected chi connectivity index (χ4v) is 4.00.